The number of halogens is 4. The van der Waals surface area contributed by atoms with E-state index in [-0.39, 0.29) is 28.9 Å². The van der Waals surface area contributed by atoms with Gasteiger partial charge in [-0.1, -0.05) is 22.5 Å². The van der Waals surface area contributed by atoms with Crippen LogP contribution in [0.4, 0.5) is 13.2 Å². The summed E-state index contributed by atoms with van der Waals surface area (Å²) in [6, 6.07) is 0. The fourth-order valence-electron chi connectivity index (χ4n) is 1.77. The molecule has 0 aliphatic heterocycles. The van der Waals surface area contributed by atoms with Crippen molar-refractivity contribution in [3.63, 3.8) is 0 Å². The normalized spacial score (nSPS) is 22.5. The highest BCUT2D eigenvalue weighted by molar-refractivity contribution is 9.09. The maximum absolute atomic E-state index is 12.3. The summed E-state index contributed by atoms with van der Waals surface area (Å²) in [6.07, 6.45) is 3.82. The Kier molecular flexibility index (Phi) is 6.42. The average Bonchev–Trinajstić information content (AvgIpc) is 2.48. The molecule has 0 fully saturated rings. The topological polar surface area (TPSA) is 60.4 Å². The molecule has 0 amide bonds. The van der Waals surface area contributed by atoms with Crippen LogP contribution in [0.15, 0.2) is 35.6 Å². The van der Waals surface area contributed by atoms with Crippen molar-refractivity contribution >= 4 is 31.8 Å². The van der Waals surface area contributed by atoms with E-state index in [1.54, 1.807) is 0 Å². The summed E-state index contributed by atoms with van der Waals surface area (Å²) in [5.41, 5.74) is -4.70. The summed E-state index contributed by atoms with van der Waals surface area (Å²) in [5.74, 6) is -0.645. The van der Waals surface area contributed by atoms with E-state index in [0.717, 1.165) is 6.08 Å². The van der Waals surface area contributed by atoms with Crippen LogP contribution in [0.3, 0.4) is 0 Å². The minimum atomic E-state index is -5.71. The molecular weight excluding hydrogens is 389 g/mol. The fraction of sp³-hybridized carbons (Fsp3) is 0.462. The molecule has 0 saturated carbocycles. The van der Waals surface area contributed by atoms with Crippen LogP contribution < -0.4 is 0 Å². The molecule has 0 atom stereocenters. The molecule has 0 bridgehead atoms. The first-order chi connectivity index (χ1) is 10.1. The number of carbonyl (C=O) groups excluding carboxylic acids is 1. The standard InChI is InChI=1S/C13H14BrF3O4S/c1-9-4-2-3-5-10(6-7-11(9)12(18)8-14)21-22(19,20)13(15,16)17/h6-7H,1-5,8H2/b10-6+,11-7+. The number of Topliss-reactive ketones (excluding diaryl/α,β-unsaturated/α-hetero) is 1. The molecule has 0 heterocycles. The van der Waals surface area contributed by atoms with Gasteiger partial charge in [-0.2, -0.15) is 21.6 Å². The minimum absolute atomic E-state index is 0.0227. The van der Waals surface area contributed by atoms with Crippen molar-refractivity contribution < 1.29 is 30.6 Å². The van der Waals surface area contributed by atoms with Crippen molar-refractivity contribution in [1.82, 2.24) is 0 Å². The van der Waals surface area contributed by atoms with Crippen LogP contribution in [0.5, 0.6) is 0 Å². The van der Waals surface area contributed by atoms with E-state index in [2.05, 4.69) is 26.7 Å². The first-order valence-electron chi connectivity index (χ1n) is 6.27. The van der Waals surface area contributed by atoms with Gasteiger partial charge in [-0.25, -0.2) is 0 Å². The zero-order valence-corrected chi connectivity index (χ0v) is 13.9. The van der Waals surface area contributed by atoms with Crippen molar-refractivity contribution in [2.45, 2.75) is 31.2 Å². The highest BCUT2D eigenvalue weighted by atomic mass is 79.9. The van der Waals surface area contributed by atoms with Gasteiger partial charge in [0, 0.05) is 12.0 Å². The molecule has 0 aromatic carbocycles. The summed E-state index contributed by atoms with van der Waals surface area (Å²) in [4.78, 5) is 11.8. The van der Waals surface area contributed by atoms with Gasteiger partial charge in [-0.3, -0.25) is 4.79 Å². The van der Waals surface area contributed by atoms with Gasteiger partial charge in [0.1, 0.15) is 5.76 Å². The lowest BCUT2D eigenvalue weighted by Gasteiger charge is -2.11. The van der Waals surface area contributed by atoms with Crippen LogP contribution in [0.25, 0.3) is 0 Å². The highest BCUT2D eigenvalue weighted by Gasteiger charge is 2.48. The molecule has 0 radical (unpaired) electrons. The Morgan fingerprint density at radius 1 is 1.27 bits per heavy atom. The first kappa shape index (κ1) is 19.0. The molecule has 0 spiro atoms. The summed E-state index contributed by atoms with van der Waals surface area (Å²) >= 11 is 3.00. The lowest BCUT2D eigenvalue weighted by Crippen LogP contribution is -2.25. The molecule has 0 saturated heterocycles. The Bertz CT molecular complexity index is 618. The molecular formula is C13H14BrF3O4S. The third-order valence-corrected chi connectivity index (χ3v) is 4.40. The van der Waals surface area contributed by atoms with Crippen molar-refractivity contribution in [3.8, 4) is 0 Å². The van der Waals surface area contributed by atoms with E-state index in [1.165, 1.54) is 6.08 Å². The third-order valence-electron chi connectivity index (χ3n) is 2.89. The quantitative estimate of drug-likeness (QED) is 0.408. The molecule has 1 rings (SSSR count). The predicted molar refractivity (Wildman–Crippen MR) is 78.6 cm³/mol. The average molecular weight is 403 g/mol. The molecule has 1 aliphatic rings. The maximum Gasteiger partial charge on any atom is 0.534 e. The first-order valence-corrected chi connectivity index (χ1v) is 8.80. The molecule has 4 nitrogen and oxygen atoms in total. The highest BCUT2D eigenvalue weighted by Crippen LogP contribution is 2.29. The number of carbonyl (C=O) groups is 1. The largest absolute Gasteiger partial charge is 0.534 e. The smallest absolute Gasteiger partial charge is 0.381 e. The van der Waals surface area contributed by atoms with E-state index < -0.39 is 15.6 Å². The van der Waals surface area contributed by atoms with Gasteiger partial charge in [-0.05, 0) is 37.0 Å². The van der Waals surface area contributed by atoms with E-state index in [9.17, 15) is 26.4 Å². The second-order valence-corrected chi connectivity index (χ2v) is 6.66. The lowest BCUT2D eigenvalue weighted by molar-refractivity contribution is -0.112. The Balaban J connectivity index is 3.13. The molecule has 124 valence electrons. The van der Waals surface area contributed by atoms with Crippen LogP contribution in [0.2, 0.25) is 0 Å². The lowest BCUT2D eigenvalue weighted by atomic mass is 9.99. The Morgan fingerprint density at radius 2 is 1.86 bits per heavy atom. The van der Waals surface area contributed by atoms with Gasteiger partial charge in [0.15, 0.2) is 5.78 Å². The molecule has 0 unspecified atom stereocenters. The number of allylic oxidation sites excluding steroid dienone is 5. The van der Waals surface area contributed by atoms with Crippen LogP contribution in [0.1, 0.15) is 25.7 Å². The van der Waals surface area contributed by atoms with Crippen LogP contribution >= 0.6 is 15.9 Å². The van der Waals surface area contributed by atoms with Crippen molar-refractivity contribution in [3.05, 3.63) is 35.6 Å². The van der Waals surface area contributed by atoms with Gasteiger partial charge in [0.05, 0.1) is 5.33 Å². The Hall–Kier alpha value is -1.09. The number of hydrogen-bond acceptors (Lipinski definition) is 4. The number of hydrogen-bond donors (Lipinski definition) is 0. The summed E-state index contributed by atoms with van der Waals surface area (Å²) in [5, 5.41) is 0.0305. The third kappa shape index (κ3) is 4.98. The molecule has 0 aromatic heterocycles. The SMILES string of the molecule is C=C1CCCC/C(OS(=O)(=O)C(F)(F)F)=C\C=C/1C(=O)CBr. The number of ketones is 1. The zero-order valence-electron chi connectivity index (χ0n) is 11.5. The van der Waals surface area contributed by atoms with Gasteiger partial charge in [0.25, 0.3) is 0 Å². The Labute approximate surface area is 135 Å². The van der Waals surface area contributed by atoms with Crippen LogP contribution in [0, 0.1) is 0 Å². The predicted octanol–water partition coefficient (Wildman–Crippen LogP) is 3.76. The van der Waals surface area contributed by atoms with Gasteiger partial charge >= 0.3 is 15.6 Å². The van der Waals surface area contributed by atoms with E-state index in [1.807, 2.05) is 0 Å². The van der Waals surface area contributed by atoms with E-state index >= 15 is 0 Å². The minimum Gasteiger partial charge on any atom is -0.381 e. The van der Waals surface area contributed by atoms with Crippen LogP contribution in [-0.4, -0.2) is 25.0 Å². The van der Waals surface area contributed by atoms with E-state index in [0.29, 0.717) is 24.8 Å². The second-order valence-electron chi connectivity index (χ2n) is 4.56. The second kappa shape index (κ2) is 7.45. The molecule has 0 aromatic rings. The summed E-state index contributed by atoms with van der Waals surface area (Å²) in [6.45, 7) is 3.77. The van der Waals surface area contributed by atoms with Gasteiger partial charge in [0.2, 0.25) is 0 Å². The zero-order chi connectivity index (χ0) is 17.0. The molecule has 0 N–H and O–H groups in total. The fourth-order valence-corrected chi connectivity index (χ4v) is 2.59. The summed E-state index contributed by atoms with van der Waals surface area (Å²) in [7, 11) is -5.71. The van der Waals surface area contributed by atoms with E-state index in [4.69, 9.17) is 0 Å². The number of alkyl halides is 4. The monoisotopic (exact) mass is 402 g/mol. The molecule has 9 heteroatoms. The van der Waals surface area contributed by atoms with Gasteiger partial charge in [-0.15, -0.1) is 0 Å². The number of rotatable bonds is 4. The van der Waals surface area contributed by atoms with Crippen molar-refractivity contribution in [1.29, 1.82) is 0 Å². The van der Waals surface area contributed by atoms with Crippen molar-refractivity contribution in [2.75, 3.05) is 5.33 Å². The molecule has 1 aliphatic carbocycles. The van der Waals surface area contributed by atoms with Gasteiger partial charge < -0.3 is 4.18 Å². The van der Waals surface area contributed by atoms with Crippen molar-refractivity contribution in [2.24, 2.45) is 0 Å². The Morgan fingerprint density at radius 3 is 2.41 bits per heavy atom. The summed E-state index contributed by atoms with van der Waals surface area (Å²) < 4.78 is 63.2. The maximum atomic E-state index is 12.3. The molecule has 22 heavy (non-hydrogen) atoms. The van der Waals surface area contributed by atoms with Crippen LogP contribution in [-0.2, 0) is 19.1 Å².